The molecule has 0 unspecified atom stereocenters. The van der Waals surface area contributed by atoms with E-state index < -0.39 is 0 Å². The highest BCUT2D eigenvalue weighted by molar-refractivity contribution is 6.42. The summed E-state index contributed by atoms with van der Waals surface area (Å²) in [7, 11) is 0. The van der Waals surface area contributed by atoms with Crippen molar-refractivity contribution in [2.45, 2.75) is 45.1 Å². The standard InChI is InChI=1S/C16H23Cl2NO/c1-12(2)11-19-9-8-16(6-3-7-16)20-13-4-5-14(17)15(18)10-13/h4-5,10,12,19H,3,6-9,11H2,1-2H3. The SMILES string of the molecule is CC(C)CNCCC1(Oc2ccc(Cl)c(Cl)c2)CCC1. The number of halogens is 2. The molecule has 1 saturated carbocycles. The topological polar surface area (TPSA) is 21.3 Å². The Morgan fingerprint density at radius 2 is 2.00 bits per heavy atom. The Labute approximate surface area is 131 Å². The minimum atomic E-state index is -0.0128. The Hall–Kier alpha value is -0.440. The molecular formula is C16H23Cl2NO. The molecule has 0 bridgehead atoms. The van der Waals surface area contributed by atoms with Gasteiger partial charge in [-0.3, -0.25) is 0 Å². The highest BCUT2D eigenvalue weighted by Crippen LogP contribution is 2.40. The lowest BCUT2D eigenvalue weighted by Crippen LogP contribution is -2.45. The molecule has 1 aromatic carbocycles. The Morgan fingerprint density at radius 1 is 1.25 bits per heavy atom. The average molecular weight is 316 g/mol. The van der Waals surface area contributed by atoms with Crippen LogP contribution in [0.15, 0.2) is 18.2 Å². The Balaban J connectivity index is 1.88. The first-order valence-corrected chi connectivity index (χ1v) is 8.11. The Bertz CT molecular complexity index is 444. The van der Waals surface area contributed by atoms with Gasteiger partial charge in [0.1, 0.15) is 11.4 Å². The third-order valence-corrected chi connectivity index (χ3v) is 4.54. The number of ether oxygens (including phenoxy) is 1. The van der Waals surface area contributed by atoms with Gasteiger partial charge < -0.3 is 10.1 Å². The van der Waals surface area contributed by atoms with Crippen LogP contribution < -0.4 is 10.1 Å². The van der Waals surface area contributed by atoms with Crippen LogP contribution >= 0.6 is 23.2 Å². The van der Waals surface area contributed by atoms with E-state index in [2.05, 4.69) is 19.2 Å². The second-order valence-corrected chi connectivity index (χ2v) is 6.88. The van der Waals surface area contributed by atoms with Crippen LogP contribution in [0.5, 0.6) is 5.75 Å². The summed E-state index contributed by atoms with van der Waals surface area (Å²) in [5.41, 5.74) is -0.0128. The summed E-state index contributed by atoms with van der Waals surface area (Å²) in [5, 5.41) is 4.61. The quantitative estimate of drug-likeness (QED) is 0.720. The van der Waals surface area contributed by atoms with Crippen molar-refractivity contribution in [2.75, 3.05) is 13.1 Å². The molecule has 1 aromatic rings. The fourth-order valence-electron chi connectivity index (χ4n) is 2.47. The maximum absolute atomic E-state index is 6.20. The molecule has 4 heteroatoms. The molecule has 112 valence electrons. The van der Waals surface area contributed by atoms with E-state index in [4.69, 9.17) is 27.9 Å². The van der Waals surface area contributed by atoms with Crippen LogP contribution in [0.2, 0.25) is 10.0 Å². The molecule has 0 aliphatic heterocycles. The summed E-state index contributed by atoms with van der Waals surface area (Å²) < 4.78 is 6.20. The first-order valence-electron chi connectivity index (χ1n) is 7.35. The van der Waals surface area contributed by atoms with Crippen LogP contribution in [0.4, 0.5) is 0 Å². The van der Waals surface area contributed by atoms with Crippen molar-refractivity contribution in [1.82, 2.24) is 5.32 Å². The minimum Gasteiger partial charge on any atom is -0.487 e. The molecule has 1 aliphatic rings. The maximum atomic E-state index is 6.20. The minimum absolute atomic E-state index is 0.0128. The first-order chi connectivity index (χ1) is 9.51. The third-order valence-electron chi connectivity index (χ3n) is 3.80. The molecule has 0 saturated heterocycles. The molecule has 0 atom stereocenters. The zero-order chi connectivity index (χ0) is 14.6. The van der Waals surface area contributed by atoms with E-state index in [-0.39, 0.29) is 5.60 Å². The van der Waals surface area contributed by atoms with Gasteiger partial charge in [0.05, 0.1) is 10.0 Å². The zero-order valence-electron chi connectivity index (χ0n) is 12.2. The molecule has 1 N–H and O–H groups in total. The molecule has 0 spiro atoms. The van der Waals surface area contributed by atoms with Gasteiger partial charge in [0.25, 0.3) is 0 Å². The van der Waals surface area contributed by atoms with E-state index in [1.807, 2.05) is 12.1 Å². The predicted octanol–water partition coefficient (Wildman–Crippen LogP) is 4.93. The van der Waals surface area contributed by atoms with E-state index in [0.717, 1.165) is 38.1 Å². The molecule has 0 aromatic heterocycles. The zero-order valence-corrected chi connectivity index (χ0v) is 13.7. The fraction of sp³-hybridized carbons (Fsp3) is 0.625. The van der Waals surface area contributed by atoms with Crippen LogP contribution in [0, 0.1) is 5.92 Å². The van der Waals surface area contributed by atoms with Crippen molar-refractivity contribution >= 4 is 23.2 Å². The lowest BCUT2D eigenvalue weighted by molar-refractivity contribution is -0.0143. The Morgan fingerprint density at radius 3 is 2.55 bits per heavy atom. The molecule has 1 fully saturated rings. The van der Waals surface area contributed by atoms with Crippen molar-refractivity contribution in [3.8, 4) is 5.75 Å². The summed E-state index contributed by atoms with van der Waals surface area (Å²) in [4.78, 5) is 0. The summed E-state index contributed by atoms with van der Waals surface area (Å²) in [6.45, 7) is 6.50. The van der Waals surface area contributed by atoms with Crippen molar-refractivity contribution in [1.29, 1.82) is 0 Å². The number of rotatable bonds is 7. The molecule has 0 radical (unpaired) electrons. The Kier molecular flexibility index (Phi) is 5.59. The largest absolute Gasteiger partial charge is 0.487 e. The normalized spacial score (nSPS) is 17.1. The van der Waals surface area contributed by atoms with E-state index in [0.29, 0.717) is 16.0 Å². The second kappa shape index (κ2) is 7.02. The number of hydrogen-bond acceptors (Lipinski definition) is 2. The van der Waals surface area contributed by atoms with Crippen LogP contribution in [0.1, 0.15) is 39.5 Å². The molecular weight excluding hydrogens is 293 g/mol. The molecule has 2 rings (SSSR count). The van der Waals surface area contributed by atoms with Crippen LogP contribution in [-0.2, 0) is 0 Å². The molecule has 20 heavy (non-hydrogen) atoms. The predicted molar refractivity (Wildman–Crippen MR) is 86.0 cm³/mol. The van der Waals surface area contributed by atoms with Gasteiger partial charge >= 0.3 is 0 Å². The van der Waals surface area contributed by atoms with Crippen molar-refractivity contribution < 1.29 is 4.74 Å². The summed E-state index contributed by atoms with van der Waals surface area (Å²) >= 11 is 12.0. The van der Waals surface area contributed by atoms with Crippen molar-refractivity contribution in [3.63, 3.8) is 0 Å². The van der Waals surface area contributed by atoms with Crippen LogP contribution in [-0.4, -0.2) is 18.7 Å². The van der Waals surface area contributed by atoms with Gasteiger partial charge in [-0.15, -0.1) is 0 Å². The van der Waals surface area contributed by atoms with Gasteiger partial charge in [0.15, 0.2) is 0 Å². The highest BCUT2D eigenvalue weighted by atomic mass is 35.5. The van der Waals surface area contributed by atoms with Crippen molar-refractivity contribution in [2.24, 2.45) is 5.92 Å². The molecule has 2 nitrogen and oxygen atoms in total. The van der Waals surface area contributed by atoms with Crippen molar-refractivity contribution in [3.05, 3.63) is 28.2 Å². The van der Waals surface area contributed by atoms with Gasteiger partial charge in [-0.2, -0.15) is 0 Å². The lowest BCUT2D eigenvalue weighted by atomic mass is 9.77. The van der Waals surface area contributed by atoms with Gasteiger partial charge in [-0.25, -0.2) is 0 Å². The fourth-order valence-corrected chi connectivity index (χ4v) is 2.76. The highest BCUT2D eigenvalue weighted by Gasteiger charge is 2.38. The monoisotopic (exact) mass is 315 g/mol. The summed E-state index contributed by atoms with van der Waals surface area (Å²) in [6, 6.07) is 5.50. The third kappa shape index (κ3) is 4.28. The number of benzene rings is 1. The summed E-state index contributed by atoms with van der Waals surface area (Å²) in [6.07, 6.45) is 4.53. The van der Waals surface area contributed by atoms with Gasteiger partial charge in [-0.05, 0) is 56.8 Å². The molecule has 0 amide bonds. The maximum Gasteiger partial charge on any atom is 0.121 e. The van der Waals surface area contributed by atoms with E-state index >= 15 is 0 Å². The van der Waals surface area contributed by atoms with E-state index in [9.17, 15) is 0 Å². The number of nitrogens with one attached hydrogen (secondary N) is 1. The van der Waals surface area contributed by atoms with Crippen LogP contribution in [0.25, 0.3) is 0 Å². The summed E-state index contributed by atoms with van der Waals surface area (Å²) in [5.74, 6) is 1.51. The van der Waals surface area contributed by atoms with E-state index in [1.54, 1.807) is 6.07 Å². The average Bonchev–Trinajstić information content (AvgIpc) is 2.35. The molecule has 0 heterocycles. The van der Waals surface area contributed by atoms with E-state index in [1.165, 1.54) is 6.42 Å². The van der Waals surface area contributed by atoms with Gasteiger partial charge in [0, 0.05) is 6.07 Å². The smallest absolute Gasteiger partial charge is 0.121 e. The first kappa shape index (κ1) is 15.9. The van der Waals surface area contributed by atoms with Crippen LogP contribution in [0.3, 0.4) is 0 Å². The molecule has 1 aliphatic carbocycles. The second-order valence-electron chi connectivity index (χ2n) is 6.06. The van der Waals surface area contributed by atoms with Gasteiger partial charge in [0.2, 0.25) is 0 Å². The lowest BCUT2D eigenvalue weighted by Gasteiger charge is -2.42. The number of hydrogen-bond donors (Lipinski definition) is 1. The van der Waals surface area contributed by atoms with Gasteiger partial charge in [-0.1, -0.05) is 37.0 Å².